The first kappa shape index (κ1) is 16.6. The molecular weight excluding hydrogens is 284 g/mol. The molecule has 0 unspecified atom stereocenters. The van der Waals surface area contributed by atoms with Crippen molar-refractivity contribution in [2.45, 2.75) is 45.8 Å². The quantitative estimate of drug-likeness (QED) is 0.867. The molecule has 1 fully saturated rings. The van der Waals surface area contributed by atoms with E-state index in [4.69, 9.17) is 26.6 Å². The lowest BCUT2D eigenvalue weighted by Crippen LogP contribution is -2.41. The molecule has 1 saturated heterocycles. The zero-order valence-electron chi connectivity index (χ0n) is 13.4. The first-order valence-corrected chi connectivity index (χ1v) is 7.57. The van der Waals surface area contributed by atoms with E-state index in [1.54, 1.807) is 0 Å². The van der Waals surface area contributed by atoms with E-state index in [-0.39, 0.29) is 11.2 Å². The average Bonchev–Trinajstić information content (AvgIpc) is 2.60. The summed E-state index contributed by atoms with van der Waals surface area (Å²) < 4.78 is 12.1. The summed E-state index contributed by atoms with van der Waals surface area (Å²) >= 11 is 6.35. The monoisotopic (exact) mass is 307 g/mol. The topological polar surface area (TPSA) is 44.5 Å². The van der Waals surface area contributed by atoms with Gasteiger partial charge >= 0.3 is 7.12 Å². The zero-order valence-corrected chi connectivity index (χ0v) is 14.1. The van der Waals surface area contributed by atoms with Crippen LogP contribution in [0.5, 0.6) is 0 Å². The maximum atomic E-state index is 6.35. The van der Waals surface area contributed by atoms with Crippen molar-refractivity contribution in [1.82, 2.24) is 0 Å². The molecule has 1 aliphatic rings. The first-order chi connectivity index (χ1) is 9.68. The SMILES string of the molecule is Cc1cccc(C=C(CN)B2OC(C)(C)C(C)(C)O2)c1Cl. The standard InChI is InChI=1S/C16H23BClNO2/c1-11-7-6-8-12(14(11)18)9-13(10-19)17-20-15(2,3)16(4,5)21-17/h6-9H,10,19H2,1-5H3. The van der Waals surface area contributed by atoms with E-state index in [2.05, 4.69) is 0 Å². The van der Waals surface area contributed by atoms with Crippen LogP contribution in [0.2, 0.25) is 5.02 Å². The van der Waals surface area contributed by atoms with Gasteiger partial charge in [0.05, 0.1) is 16.2 Å². The van der Waals surface area contributed by atoms with Crippen LogP contribution in [0, 0.1) is 6.92 Å². The van der Waals surface area contributed by atoms with Gasteiger partial charge in [0.25, 0.3) is 0 Å². The highest BCUT2D eigenvalue weighted by Crippen LogP contribution is 2.38. The second-order valence-electron chi connectivity index (χ2n) is 6.49. The molecule has 0 amide bonds. The van der Waals surface area contributed by atoms with E-state index in [1.807, 2.05) is 58.9 Å². The van der Waals surface area contributed by atoms with E-state index in [1.165, 1.54) is 0 Å². The minimum atomic E-state index is -0.434. The highest BCUT2D eigenvalue weighted by molar-refractivity contribution is 6.56. The summed E-state index contributed by atoms with van der Waals surface area (Å²) in [5, 5.41) is 0.736. The molecule has 0 aliphatic carbocycles. The summed E-state index contributed by atoms with van der Waals surface area (Å²) in [6.45, 7) is 10.5. The second-order valence-corrected chi connectivity index (χ2v) is 6.87. The summed E-state index contributed by atoms with van der Waals surface area (Å²) in [5.41, 5.74) is 8.01. The molecule has 21 heavy (non-hydrogen) atoms. The normalized spacial score (nSPS) is 20.9. The van der Waals surface area contributed by atoms with Crippen LogP contribution in [0.3, 0.4) is 0 Å². The van der Waals surface area contributed by atoms with E-state index in [0.29, 0.717) is 6.54 Å². The number of aryl methyl sites for hydroxylation is 1. The zero-order chi connectivity index (χ0) is 15.8. The molecule has 1 heterocycles. The van der Waals surface area contributed by atoms with Crippen LogP contribution in [0.4, 0.5) is 0 Å². The van der Waals surface area contributed by atoms with Crippen LogP contribution in [-0.2, 0) is 9.31 Å². The molecule has 5 heteroatoms. The van der Waals surface area contributed by atoms with Gasteiger partial charge in [-0.2, -0.15) is 0 Å². The van der Waals surface area contributed by atoms with Crippen molar-refractivity contribution in [1.29, 1.82) is 0 Å². The molecule has 114 valence electrons. The number of nitrogens with two attached hydrogens (primary N) is 1. The van der Waals surface area contributed by atoms with Crippen molar-refractivity contribution >= 4 is 24.8 Å². The van der Waals surface area contributed by atoms with Crippen molar-refractivity contribution in [3.63, 3.8) is 0 Å². The Hall–Kier alpha value is -0.805. The van der Waals surface area contributed by atoms with Gasteiger partial charge in [-0.3, -0.25) is 0 Å². The van der Waals surface area contributed by atoms with Crippen molar-refractivity contribution in [3.05, 3.63) is 39.8 Å². The number of hydrogen-bond acceptors (Lipinski definition) is 3. The molecule has 1 aromatic rings. The molecule has 2 N–H and O–H groups in total. The lowest BCUT2D eigenvalue weighted by atomic mass is 9.77. The van der Waals surface area contributed by atoms with Crippen LogP contribution in [0.15, 0.2) is 23.7 Å². The number of benzene rings is 1. The van der Waals surface area contributed by atoms with E-state index in [0.717, 1.165) is 21.6 Å². The largest absolute Gasteiger partial charge is 0.491 e. The van der Waals surface area contributed by atoms with Crippen molar-refractivity contribution in [3.8, 4) is 0 Å². The summed E-state index contributed by atoms with van der Waals surface area (Å²) in [6, 6.07) is 5.93. The Labute approximate surface area is 132 Å². The van der Waals surface area contributed by atoms with Gasteiger partial charge in [-0.05, 0) is 51.2 Å². The van der Waals surface area contributed by atoms with Crippen LogP contribution < -0.4 is 5.73 Å². The van der Waals surface area contributed by atoms with Crippen molar-refractivity contribution in [2.24, 2.45) is 5.73 Å². The van der Waals surface area contributed by atoms with Crippen LogP contribution in [0.25, 0.3) is 6.08 Å². The Morgan fingerprint density at radius 2 is 1.81 bits per heavy atom. The Kier molecular flexibility index (Phi) is 4.55. The molecule has 0 bridgehead atoms. The summed E-state index contributed by atoms with van der Waals surface area (Å²) in [6.07, 6.45) is 1.97. The summed E-state index contributed by atoms with van der Waals surface area (Å²) in [4.78, 5) is 0. The lowest BCUT2D eigenvalue weighted by molar-refractivity contribution is 0.00578. The fourth-order valence-corrected chi connectivity index (χ4v) is 2.38. The maximum Gasteiger partial charge on any atom is 0.491 e. The lowest BCUT2D eigenvalue weighted by Gasteiger charge is -2.32. The fraction of sp³-hybridized carbons (Fsp3) is 0.500. The molecule has 0 atom stereocenters. The molecule has 2 rings (SSSR count). The maximum absolute atomic E-state index is 6.35. The molecule has 3 nitrogen and oxygen atoms in total. The molecule has 1 aliphatic heterocycles. The van der Waals surface area contributed by atoms with E-state index >= 15 is 0 Å². The van der Waals surface area contributed by atoms with Gasteiger partial charge in [-0.1, -0.05) is 35.9 Å². The molecule has 0 aromatic heterocycles. The van der Waals surface area contributed by atoms with Gasteiger partial charge in [-0.15, -0.1) is 0 Å². The van der Waals surface area contributed by atoms with E-state index < -0.39 is 7.12 Å². The Morgan fingerprint density at radius 1 is 1.24 bits per heavy atom. The van der Waals surface area contributed by atoms with E-state index in [9.17, 15) is 0 Å². The average molecular weight is 308 g/mol. The number of hydrogen-bond donors (Lipinski definition) is 1. The van der Waals surface area contributed by atoms with Crippen molar-refractivity contribution < 1.29 is 9.31 Å². The third-order valence-corrected chi connectivity index (χ3v) is 4.87. The first-order valence-electron chi connectivity index (χ1n) is 7.19. The minimum absolute atomic E-state index is 0.362. The Balaban J connectivity index is 2.33. The number of halogens is 1. The van der Waals surface area contributed by atoms with Gasteiger partial charge < -0.3 is 15.0 Å². The predicted octanol–water partition coefficient (Wildman–Crippen LogP) is 3.62. The number of rotatable bonds is 3. The summed E-state index contributed by atoms with van der Waals surface area (Å²) in [7, 11) is -0.434. The molecule has 0 spiro atoms. The Bertz CT molecular complexity index is 553. The van der Waals surface area contributed by atoms with Gasteiger partial charge in [0, 0.05) is 6.54 Å². The molecular formula is C16H23BClNO2. The van der Waals surface area contributed by atoms with Crippen LogP contribution >= 0.6 is 11.6 Å². The molecule has 0 saturated carbocycles. The second kappa shape index (κ2) is 5.77. The van der Waals surface area contributed by atoms with Crippen molar-refractivity contribution in [2.75, 3.05) is 6.54 Å². The minimum Gasteiger partial charge on any atom is -0.400 e. The highest BCUT2D eigenvalue weighted by atomic mass is 35.5. The highest BCUT2D eigenvalue weighted by Gasteiger charge is 2.52. The smallest absolute Gasteiger partial charge is 0.400 e. The molecule has 0 radical (unpaired) electrons. The Morgan fingerprint density at radius 3 is 2.33 bits per heavy atom. The van der Waals surface area contributed by atoms with Crippen LogP contribution in [0.1, 0.15) is 38.8 Å². The van der Waals surface area contributed by atoms with Gasteiger partial charge in [0.1, 0.15) is 0 Å². The predicted molar refractivity (Wildman–Crippen MR) is 89.3 cm³/mol. The van der Waals surface area contributed by atoms with Gasteiger partial charge in [0.15, 0.2) is 0 Å². The molecule has 1 aromatic carbocycles. The van der Waals surface area contributed by atoms with Crippen LogP contribution in [-0.4, -0.2) is 24.9 Å². The third kappa shape index (κ3) is 3.19. The third-order valence-electron chi connectivity index (χ3n) is 4.35. The van der Waals surface area contributed by atoms with Gasteiger partial charge in [0.2, 0.25) is 0 Å². The fourth-order valence-electron chi connectivity index (χ4n) is 2.20. The summed E-state index contributed by atoms with van der Waals surface area (Å²) in [5.74, 6) is 0. The van der Waals surface area contributed by atoms with Gasteiger partial charge in [-0.25, -0.2) is 0 Å².